The van der Waals surface area contributed by atoms with Crippen molar-refractivity contribution in [3.8, 4) is 5.13 Å². The number of nitrogens with one attached hydrogen (secondary N) is 2. The first kappa shape index (κ1) is 22.7. The van der Waals surface area contributed by atoms with Crippen molar-refractivity contribution >= 4 is 49.2 Å². The molecule has 0 bridgehead atoms. The molecule has 4 N–H and O–H groups in total. The van der Waals surface area contributed by atoms with Gasteiger partial charge < -0.3 is 15.8 Å². The first-order valence-corrected chi connectivity index (χ1v) is 13.0. The van der Waals surface area contributed by atoms with Crippen molar-refractivity contribution in [1.29, 1.82) is 0 Å². The first-order chi connectivity index (χ1) is 16.5. The second-order valence-corrected chi connectivity index (χ2v) is 10.5. The summed E-state index contributed by atoms with van der Waals surface area (Å²) in [5.74, 6) is 0.418. The number of thiazole rings is 1. The highest BCUT2D eigenvalue weighted by molar-refractivity contribution is 7.89. The van der Waals surface area contributed by atoms with E-state index in [2.05, 4.69) is 30.0 Å². The summed E-state index contributed by atoms with van der Waals surface area (Å²) in [5.41, 5.74) is 7.24. The average molecular weight is 501 g/mol. The molecule has 0 radical (unpaired) electrons. The monoisotopic (exact) mass is 500 g/mol. The van der Waals surface area contributed by atoms with Crippen molar-refractivity contribution in [1.82, 2.24) is 29.4 Å². The van der Waals surface area contributed by atoms with Gasteiger partial charge in [0.1, 0.15) is 0 Å². The Morgan fingerprint density at radius 1 is 1.09 bits per heavy atom. The predicted molar refractivity (Wildman–Crippen MR) is 131 cm³/mol. The van der Waals surface area contributed by atoms with Crippen molar-refractivity contribution < 1.29 is 13.2 Å². The number of benzene rings is 2. The molecule has 0 unspecified atom stereocenters. The molecule has 2 aromatic carbocycles. The van der Waals surface area contributed by atoms with Crippen molar-refractivity contribution in [2.75, 3.05) is 50.4 Å². The Bertz CT molecular complexity index is 1360. The largest absolute Gasteiger partial charge is 0.379 e. The number of sulfonamides is 1. The summed E-state index contributed by atoms with van der Waals surface area (Å²) >= 11 is 1.45. The number of nitrogens with zero attached hydrogens (tertiary/aromatic N) is 5. The molecule has 5 rings (SSSR count). The van der Waals surface area contributed by atoms with Gasteiger partial charge in [0.15, 0.2) is 0 Å². The van der Waals surface area contributed by atoms with Crippen LogP contribution in [0.3, 0.4) is 0 Å². The van der Waals surface area contributed by atoms with Gasteiger partial charge in [-0.3, -0.25) is 4.90 Å². The highest BCUT2D eigenvalue weighted by Crippen LogP contribution is 2.28. The van der Waals surface area contributed by atoms with Gasteiger partial charge in [0.2, 0.25) is 27.1 Å². The van der Waals surface area contributed by atoms with Crippen molar-refractivity contribution in [3.05, 3.63) is 48.5 Å². The average Bonchev–Trinajstić information content (AvgIpc) is 3.43. The number of nitrogen functional groups attached to an aromatic ring is 1. The van der Waals surface area contributed by atoms with Gasteiger partial charge in [-0.05, 0) is 30.3 Å². The Balaban J connectivity index is 1.32. The minimum absolute atomic E-state index is 0.0790. The number of para-hydroxylation sites is 1. The zero-order valence-electron chi connectivity index (χ0n) is 18.2. The number of aromatic nitrogens is 4. The maximum atomic E-state index is 12.8. The molecule has 1 aliphatic rings. The minimum Gasteiger partial charge on any atom is -0.379 e. The molecular weight excluding hydrogens is 476 g/mol. The van der Waals surface area contributed by atoms with E-state index in [1.54, 1.807) is 24.3 Å². The second kappa shape index (κ2) is 9.64. The summed E-state index contributed by atoms with van der Waals surface area (Å²) in [6.07, 6.45) is 0. The molecule has 0 aliphatic carbocycles. The molecule has 1 saturated heterocycles. The van der Waals surface area contributed by atoms with Crippen LogP contribution in [0.5, 0.6) is 0 Å². The Morgan fingerprint density at radius 3 is 2.74 bits per heavy atom. The van der Waals surface area contributed by atoms with Gasteiger partial charge >= 0.3 is 0 Å². The maximum absolute atomic E-state index is 12.8. The molecule has 0 amide bonds. The topological polar surface area (TPSA) is 140 Å². The third-order valence-corrected chi connectivity index (χ3v) is 7.78. The highest BCUT2D eigenvalue weighted by Gasteiger charge is 2.18. The fraction of sp³-hybridized carbons (Fsp3) is 0.286. The third-order valence-electron chi connectivity index (χ3n) is 5.31. The van der Waals surface area contributed by atoms with Gasteiger partial charge in [-0.25, -0.2) is 18.1 Å². The lowest BCUT2D eigenvalue weighted by molar-refractivity contribution is 0.0390. The van der Waals surface area contributed by atoms with E-state index in [9.17, 15) is 8.42 Å². The first-order valence-electron chi connectivity index (χ1n) is 10.7. The van der Waals surface area contributed by atoms with E-state index in [0.717, 1.165) is 23.3 Å². The lowest BCUT2D eigenvalue weighted by atomic mass is 10.3. The normalized spacial score (nSPS) is 15.1. The van der Waals surface area contributed by atoms with E-state index in [4.69, 9.17) is 10.5 Å². The van der Waals surface area contributed by atoms with Crippen molar-refractivity contribution in [2.45, 2.75) is 4.90 Å². The van der Waals surface area contributed by atoms with E-state index < -0.39 is 10.0 Å². The number of fused-ring (bicyclic) bond motifs is 1. The summed E-state index contributed by atoms with van der Waals surface area (Å²) in [5, 5.41) is 7.97. The van der Waals surface area contributed by atoms with Gasteiger partial charge in [-0.1, -0.05) is 29.5 Å². The van der Waals surface area contributed by atoms with E-state index in [1.165, 1.54) is 16.0 Å². The second-order valence-electron chi connectivity index (χ2n) is 7.67. The lowest BCUT2D eigenvalue weighted by Crippen LogP contribution is -2.41. The fourth-order valence-electron chi connectivity index (χ4n) is 3.61. The minimum atomic E-state index is -3.68. The maximum Gasteiger partial charge on any atom is 0.241 e. The molecule has 11 nitrogen and oxygen atoms in total. The van der Waals surface area contributed by atoms with Crippen molar-refractivity contribution in [3.63, 3.8) is 0 Å². The predicted octanol–water partition coefficient (Wildman–Crippen LogP) is 1.81. The number of nitrogens with two attached hydrogens (primary N) is 1. The molecule has 2 aromatic heterocycles. The van der Waals surface area contributed by atoms with Crippen LogP contribution in [0.1, 0.15) is 0 Å². The molecule has 0 spiro atoms. The smallest absolute Gasteiger partial charge is 0.241 e. The lowest BCUT2D eigenvalue weighted by Gasteiger charge is -2.26. The molecule has 1 aliphatic heterocycles. The van der Waals surface area contributed by atoms with Crippen LogP contribution in [0.4, 0.5) is 17.6 Å². The van der Waals surface area contributed by atoms with E-state index in [-0.39, 0.29) is 10.8 Å². The van der Waals surface area contributed by atoms with E-state index in [0.29, 0.717) is 43.1 Å². The fourth-order valence-corrected chi connectivity index (χ4v) is 5.60. The van der Waals surface area contributed by atoms with Gasteiger partial charge in [0.25, 0.3) is 0 Å². The Labute approximate surface area is 200 Å². The number of morpholine rings is 1. The molecule has 13 heteroatoms. The summed E-state index contributed by atoms with van der Waals surface area (Å²) in [7, 11) is -3.68. The van der Waals surface area contributed by atoms with Crippen LogP contribution in [0, 0.1) is 0 Å². The number of hydrogen-bond acceptors (Lipinski definition) is 10. The van der Waals surface area contributed by atoms with Crippen LogP contribution in [0.15, 0.2) is 53.4 Å². The highest BCUT2D eigenvalue weighted by atomic mass is 32.2. The summed E-state index contributed by atoms with van der Waals surface area (Å²) in [6.45, 7) is 3.91. The summed E-state index contributed by atoms with van der Waals surface area (Å²) in [6, 6.07) is 14.3. The van der Waals surface area contributed by atoms with Crippen LogP contribution in [0.2, 0.25) is 0 Å². The SMILES string of the molecule is Nc1nc(Nc2cccc(S(=O)(=O)NCCN3CCOCC3)c2)n(-c2nc3ccccc3s2)n1. The van der Waals surface area contributed by atoms with Gasteiger partial charge in [0, 0.05) is 31.9 Å². The number of hydrogen-bond donors (Lipinski definition) is 3. The number of anilines is 3. The summed E-state index contributed by atoms with van der Waals surface area (Å²) < 4.78 is 36.2. The standard InChI is InChI=1S/C21H24N8O3S2/c22-19-26-20(29(27-19)21-25-17-6-1-2-7-18(17)33-21)24-15-4-3-5-16(14-15)34(30,31)23-8-9-28-10-12-32-13-11-28/h1-7,14,23H,8-13H2,(H3,22,24,26,27). The van der Waals surface area contributed by atoms with Crippen LogP contribution in [-0.4, -0.2) is 72.5 Å². The zero-order chi connectivity index (χ0) is 23.5. The third kappa shape index (κ3) is 5.03. The number of rotatable bonds is 8. The molecule has 34 heavy (non-hydrogen) atoms. The van der Waals surface area contributed by atoms with Crippen LogP contribution >= 0.6 is 11.3 Å². The van der Waals surface area contributed by atoms with Gasteiger partial charge in [-0.15, -0.1) is 5.10 Å². The molecule has 3 heterocycles. The Hall–Kier alpha value is -3.10. The zero-order valence-corrected chi connectivity index (χ0v) is 19.8. The Kier molecular flexibility index (Phi) is 6.43. The van der Waals surface area contributed by atoms with Crippen LogP contribution < -0.4 is 15.8 Å². The Morgan fingerprint density at radius 2 is 1.91 bits per heavy atom. The van der Waals surface area contributed by atoms with E-state index >= 15 is 0 Å². The molecule has 178 valence electrons. The van der Waals surface area contributed by atoms with Gasteiger partial charge in [-0.2, -0.15) is 9.67 Å². The molecule has 4 aromatic rings. The number of ether oxygens (including phenoxy) is 1. The quantitative estimate of drug-likeness (QED) is 0.330. The molecular formula is C21H24N8O3S2. The van der Waals surface area contributed by atoms with E-state index in [1.807, 2.05) is 24.3 Å². The van der Waals surface area contributed by atoms with Crippen LogP contribution in [-0.2, 0) is 14.8 Å². The van der Waals surface area contributed by atoms with Crippen LogP contribution in [0.25, 0.3) is 15.3 Å². The molecule has 0 atom stereocenters. The van der Waals surface area contributed by atoms with Crippen molar-refractivity contribution in [2.24, 2.45) is 0 Å². The summed E-state index contributed by atoms with van der Waals surface area (Å²) in [4.78, 5) is 11.2. The molecule has 0 saturated carbocycles. The molecule has 1 fully saturated rings. The van der Waals surface area contributed by atoms with Gasteiger partial charge in [0.05, 0.1) is 28.3 Å².